The maximum Gasteiger partial charge on any atom is 0.126 e. The second kappa shape index (κ2) is 4.26. The molecule has 0 bridgehead atoms. The maximum atomic E-state index is 5.87. The van der Waals surface area contributed by atoms with Crippen LogP contribution in [0.25, 0.3) is 0 Å². The molecule has 2 aliphatic rings. The quantitative estimate of drug-likeness (QED) is 0.618. The molecular formula is C14H20O. The van der Waals surface area contributed by atoms with E-state index in [1.807, 2.05) is 6.92 Å². The van der Waals surface area contributed by atoms with E-state index >= 15 is 0 Å². The number of hydrogen-bond acceptors (Lipinski definition) is 1. The zero-order chi connectivity index (χ0) is 10.8. The highest BCUT2D eigenvalue weighted by atomic mass is 16.5. The largest absolute Gasteiger partial charge is 0.491 e. The minimum absolute atomic E-state index is 0.253. The summed E-state index contributed by atoms with van der Waals surface area (Å²) in [6.45, 7) is 8.07. The Hall–Kier alpha value is -0.980. The molecule has 1 unspecified atom stereocenters. The lowest BCUT2D eigenvalue weighted by molar-refractivity contribution is 0.0924. The molecule has 0 aromatic carbocycles. The van der Waals surface area contributed by atoms with Crippen LogP contribution < -0.4 is 0 Å². The van der Waals surface area contributed by atoms with E-state index in [4.69, 9.17) is 4.74 Å². The van der Waals surface area contributed by atoms with Gasteiger partial charge in [0.1, 0.15) is 6.10 Å². The highest BCUT2D eigenvalue weighted by molar-refractivity contribution is 5.35. The van der Waals surface area contributed by atoms with E-state index in [-0.39, 0.29) is 6.10 Å². The first-order valence-corrected chi connectivity index (χ1v) is 5.89. The van der Waals surface area contributed by atoms with Gasteiger partial charge in [-0.05, 0) is 44.1 Å². The minimum Gasteiger partial charge on any atom is -0.491 e. The maximum absolute atomic E-state index is 5.87. The fourth-order valence-corrected chi connectivity index (χ4v) is 2.55. The summed E-state index contributed by atoms with van der Waals surface area (Å²) in [7, 11) is 0. The molecule has 0 fully saturated rings. The molecule has 1 nitrogen and oxygen atoms in total. The molecule has 0 aliphatic heterocycles. The molecule has 2 atom stereocenters. The van der Waals surface area contributed by atoms with Gasteiger partial charge in [-0.25, -0.2) is 0 Å². The fraction of sp³-hybridized carbons (Fsp3) is 0.571. The summed E-state index contributed by atoms with van der Waals surface area (Å²) in [6.07, 6.45) is 9.74. The Kier molecular flexibility index (Phi) is 2.99. The van der Waals surface area contributed by atoms with Gasteiger partial charge in [-0.1, -0.05) is 31.2 Å². The molecular weight excluding hydrogens is 184 g/mol. The van der Waals surface area contributed by atoms with E-state index in [1.54, 1.807) is 5.57 Å². The normalized spacial score (nSPS) is 30.0. The number of rotatable bonds is 2. The zero-order valence-electron chi connectivity index (χ0n) is 9.75. The fourth-order valence-electron chi connectivity index (χ4n) is 2.55. The van der Waals surface area contributed by atoms with Crippen LogP contribution in [0.4, 0.5) is 0 Å². The average Bonchev–Trinajstić information content (AvgIpc) is 2.22. The molecule has 2 rings (SSSR count). The van der Waals surface area contributed by atoms with Crippen molar-refractivity contribution in [1.82, 2.24) is 0 Å². The summed E-state index contributed by atoms with van der Waals surface area (Å²) in [4.78, 5) is 0. The van der Waals surface area contributed by atoms with Crippen LogP contribution in [0.15, 0.2) is 35.6 Å². The van der Waals surface area contributed by atoms with Crippen LogP contribution in [-0.2, 0) is 4.74 Å². The SMILES string of the molecule is C=C(C)O[C@H]1C2=C(CCC=C2)CCC1C. The molecule has 2 aliphatic carbocycles. The monoisotopic (exact) mass is 204 g/mol. The Morgan fingerprint density at radius 2 is 2.27 bits per heavy atom. The Balaban J connectivity index is 2.24. The first-order valence-electron chi connectivity index (χ1n) is 5.89. The number of allylic oxidation sites excluding steroid dienone is 3. The Morgan fingerprint density at radius 3 is 3.00 bits per heavy atom. The van der Waals surface area contributed by atoms with Crippen molar-refractivity contribution in [2.45, 2.75) is 45.6 Å². The number of ether oxygens (including phenoxy) is 1. The van der Waals surface area contributed by atoms with E-state index in [2.05, 4.69) is 25.7 Å². The van der Waals surface area contributed by atoms with Crippen LogP contribution in [0.5, 0.6) is 0 Å². The molecule has 0 radical (unpaired) electrons. The summed E-state index contributed by atoms with van der Waals surface area (Å²) in [5.74, 6) is 1.45. The molecule has 15 heavy (non-hydrogen) atoms. The van der Waals surface area contributed by atoms with Gasteiger partial charge in [0.25, 0.3) is 0 Å². The molecule has 0 amide bonds. The highest BCUT2D eigenvalue weighted by Crippen LogP contribution is 2.37. The van der Waals surface area contributed by atoms with Gasteiger partial charge in [-0.3, -0.25) is 0 Å². The highest BCUT2D eigenvalue weighted by Gasteiger charge is 2.29. The lowest BCUT2D eigenvalue weighted by Crippen LogP contribution is -2.28. The molecule has 0 aromatic heterocycles. The summed E-state index contributed by atoms with van der Waals surface area (Å²) in [6, 6.07) is 0. The lowest BCUT2D eigenvalue weighted by Gasteiger charge is -2.34. The Bertz CT molecular complexity index is 322. The third-order valence-corrected chi connectivity index (χ3v) is 3.37. The van der Waals surface area contributed by atoms with E-state index in [1.165, 1.54) is 31.3 Å². The van der Waals surface area contributed by atoms with Crippen molar-refractivity contribution in [3.8, 4) is 0 Å². The van der Waals surface area contributed by atoms with E-state index < -0.39 is 0 Å². The first-order chi connectivity index (χ1) is 7.18. The van der Waals surface area contributed by atoms with Gasteiger partial charge in [0.05, 0.1) is 5.76 Å². The van der Waals surface area contributed by atoms with Crippen LogP contribution in [-0.4, -0.2) is 6.10 Å². The van der Waals surface area contributed by atoms with Crippen LogP contribution in [0, 0.1) is 5.92 Å². The van der Waals surface area contributed by atoms with Gasteiger partial charge < -0.3 is 4.74 Å². The molecule has 0 spiro atoms. The van der Waals surface area contributed by atoms with Crippen LogP contribution >= 0.6 is 0 Å². The van der Waals surface area contributed by atoms with Crippen molar-refractivity contribution in [1.29, 1.82) is 0 Å². The third kappa shape index (κ3) is 2.17. The molecule has 0 aromatic rings. The molecule has 0 saturated heterocycles. The molecule has 1 heteroatoms. The molecule has 0 heterocycles. The summed E-state index contributed by atoms with van der Waals surface area (Å²) >= 11 is 0. The summed E-state index contributed by atoms with van der Waals surface area (Å²) in [5.41, 5.74) is 3.05. The predicted molar refractivity (Wildman–Crippen MR) is 63.5 cm³/mol. The predicted octanol–water partition coefficient (Wildman–Crippen LogP) is 3.98. The van der Waals surface area contributed by atoms with Crippen molar-refractivity contribution in [3.63, 3.8) is 0 Å². The Labute approximate surface area is 92.5 Å². The third-order valence-electron chi connectivity index (χ3n) is 3.37. The van der Waals surface area contributed by atoms with Gasteiger partial charge in [0.15, 0.2) is 0 Å². The topological polar surface area (TPSA) is 9.23 Å². The zero-order valence-corrected chi connectivity index (χ0v) is 9.75. The molecule has 82 valence electrons. The summed E-state index contributed by atoms with van der Waals surface area (Å²) < 4.78 is 5.87. The van der Waals surface area contributed by atoms with Crippen LogP contribution in [0.2, 0.25) is 0 Å². The standard InChI is InChI=1S/C14H20O/c1-10(2)15-14-11(3)8-9-12-6-4-5-7-13(12)14/h5,7,11,14H,1,4,6,8-9H2,2-3H3/t11?,14-/m1/s1. The van der Waals surface area contributed by atoms with Gasteiger partial charge in [-0.15, -0.1) is 0 Å². The van der Waals surface area contributed by atoms with Crippen molar-refractivity contribution in [2.24, 2.45) is 5.92 Å². The lowest BCUT2D eigenvalue weighted by atomic mass is 9.78. The van der Waals surface area contributed by atoms with Crippen molar-refractivity contribution >= 4 is 0 Å². The van der Waals surface area contributed by atoms with Gasteiger partial charge in [0, 0.05) is 0 Å². The molecule has 0 saturated carbocycles. The van der Waals surface area contributed by atoms with E-state index in [9.17, 15) is 0 Å². The smallest absolute Gasteiger partial charge is 0.126 e. The minimum atomic E-state index is 0.253. The van der Waals surface area contributed by atoms with Gasteiger partial charge >= 0.3 is 0 Å². The van der Waals surface area contributed by atoms with Gasteiger partial charge in [0.2, 0.25) is 0 Å². The van der Waals surface area contributed by atoms with Gasteiger partial charge in [-0.2, -0.15) is 0 Å². The van der Waals surface area contributed by atoms with E-state index in [0.29, 0.717) is 5.92 Å². The van der Waals surface area contributed by atoms with Crippen LogP contribution in [0.1, 0.15) is 39.5 Å². The van der Waals surface area contributed by atoms with E-state index in [0.717, 1.165) is 5.76 Å². The molecule has 0 N–H and O–H groups in total. The second-order valence-electron chi connectivity index (χ2n) is 4.76. The first kappa shape index (κ1) is 10.5. The van der Waals surface area contributed by atoms with Crippen molar-refractivity contribution in [3.05, 3.63) is 35.6 Å². The average molecular weight is 204 g/mol. The van der Waals surface area contributed by atoms with Crippen molar-refractivity contribution < 1.29 is 4.74 Å². The second-order valence-corrected chi connectivity index (χ2v) is 4.76. The number of hydrogen-bond donors (Lipinski definition) is 0. The summed E-state index contributed by atoms with van der Waals surface area (Å²) in [5, 5.41) is 0. The van der Waals surface area contributed by atoms with Crippen molar-refractivity contribution in [2.75, 3.05) is 0 Å². The Morgan fingerprint density at radius 1 is 1.47 bits per heavy atom. The van der Waals surface area contributed by atoms with Crippen LogP contribution in [0.3, 0.4) is 0 Å².